The zero-order valence-electron chi connectivity index (χ0n) is 27.2. The summed E-state index contributed by atoms with van der Waals surface area (Å²) in [7, 11) is 4.68. The Morgan fingerprint density at radius 2 is 1.79 bits per heavy atom. The molecule has 13 nitrogen and oxygen atoms in total. The molecule has 3 amide bonds. The second-order valence-corrected chi connectivity index (χ2v) is 11.1. The first kappa shape index (κ1) is 33.4. The number of likely N-dealkylation sites (N-methyl/N-ethyl adjacent to an activating group) is 1. The Labute approximate surface area is 278 Å². The van der Waals surface area contributed by atoms with E-state index in [2.05, 4.69) is 37.7 Å². The smallest absolute Gasteiger partial charge is 0.267 e. The lowest BCUT2D eigenvalue weighted by Crippen LogP contribution is -2.51. The predicted molar refractivity (Wildman–Crippen MR) is 182 cm³/mol. The Hall–Kier alpha value is -5.98. The van der Waals surface area contributed by atoms with Crippen molar-refractivity contribution in [2.75, 3.05) is 38.1 Å². The summed E-state index contributed by atoms with van der Waals surface area (Å²) in [5.41, 5.74) is 6.57. The number of nitrogens with one attached hydrogen (secondary N) is 3. The number of carbonyl (C=O) groups excluding carboxylic acids is 3. The lowest BCUT2D eigenvalue weighted by molar-refractivity contribution is -0.124. The molecular formula is C35H37N7O6. The van der Waals surface area contributed by atoms with Gasteiger partial charge in [0.1, 0.15) is 36.3 Å². The number of hydrogen-bond donors (Lipinski definition) is 3. The fourth-order valence-corrected chi connectivity index (χ4v) is 5.10. The van der Waals surface area contributed by atoms with Crippen LogP contribution in [0.3, 0.4) is 0 Å². The van der Waals surface area contributed by atoms with Crippen LogP contribution in [-0.2, 0) is 27.2 Å². The van der Waals surface area contributed by atoms with Gasteiger partial charge in [-0.2, -0.15) is 5.10 Å². The minimum atomic E-state index is -0.942. The van der Waals surface area contributed by atoms with Crippen molar-refractivity contribution in [2.24, 2.45) is 5.10 Å². The largest absolute Gasteiger partial charge is 0.493 e. The van der Waals surface area contributed by atoms with Crippen molar-refractivity contribution in [3.05, 3.63) is 90.4 Å². The van der Waals surface area contributed by atoms with Gasteiger partial charge in [0, 0.05) is 37.0 Å². The molecule has 1 aliphatic rings. The second kappa shape index (κ2) is 15.1. The lowest BCUT2D eigenvalue weighted by atomic mass is 10.1. The number of rotatable bonds is 12. The van der Waals surface area contributed by atoms with Crippen molar-refractivity contribution < 1.29 is 28.6 Å². The number of allylic oxidation sites excluding steroid dienone is 1. The van der Waals surface area contributed by atoms with E-state index in [1.54, 1.807) is 38.2 Å². The minimum absolute atomic E-state index is 0.0609. The molecule has 5 rings (SSSR count). The number of aromatic nitrogens is 2. The SMILES string of the molecule is C=C(Cc1ccccc1)N/N=C(\C)C(=O)N[C@H]1COc2ccc(CCC(=O)Nc3ncnc4cc(OC)c(OC)cc34)cc2N(C)C1=O. The molecule has 3 N–H and O–H groups in total. The Bertz CT molecular complexity index is 1880. The zero-order valence-corrected chi connectivity index (χ0v) is 27.2. The molecular weight excluding hydrogens is 614 g/mol. The van der Waals surface area contributed by atoms with Crippen molar-refractivity contribution in [3.63, 3.8) is 0 Å². The average Bonchev–Trinajstić information content (AvgIpc) is 3.21. The molecule has 0 saturated heterocycles. The van der Waals surface area contributed by atoms with E-state index in [-0.39, 0.29) is 30.6 Å². The normalized spacial score (nSPS) is 14.3. The van der Waals surface area contributed by atoms with E-state index >= 15 is 0 Å². The van der Waals surface area contributed by atoms with Crippen LogP contribution in [0.1, 0.15) is 24.5 Å². The van der Waals surface area contributed by atoms with Crippen LogP contribution in [0.15, 0.2) is 84.4 Å². The van der Waals surface area contributed by atoms with E-state index in [4.69, 9.17) is 14.2 Å². The third kappa shape index (κ3) is 7.86. The number of hydrogen-bond acceptors (Lipinski definition) is 10. The van der Waals surface area contributed by atoms with Gasteiger partial charge in [-0.1, -0.05) is 43.0 Å². The molecule has 1 aliphatic heterocycles. The molecule has 1 aromatic heterocycles. The highest BCUT2D eigenvalue weighted by Crippen LogP contribution is 2.34. The zero-order chi connectivity index (χ0) is 34.2. The first-order valence-corrected chi connectivity index (χ1v) is 15.2. The number of amides is 3. The summed E-state index contributed by atoms with van der Waals surface area (Å²) in [4.78, 5) is 49.2. The number of fused-ring (bicyclic) bond motifs is 2. The highest BCUT2D eigenvalue weighted by Gasteiger charge is 2.31. The van der Waals surface area contributed by atoms with Crippen molar-refractivity contribution in [3.8, 4) is 17.2 Å². The molecule has 2 heterocycles. The van der Waals surface area contributed by atoms with Gasteiger partial charge in [-0.3, -0.25) is 19.8 Å². The minimum Gasteiger partial charge on any atom is -0.493 e. The standard InChI is InChI=1S/C35H37N7O6/c1-21(15-23-9-7-6-8-10-23)40-41-22(2)34(44)38-27-19-48-29-13-11-24(16-28(29)42(3)35(27)45)12-14-32(43)39-33-25-17-30(46-4)31(47-5)18-26(25)36-20-37-33/h6-11,13,16-18,20,27,40H,1,12,14-15,19H2,2-5H3,(H,38,44)(H,36,37,39,43)/b41-22+/t27-/m0/s1. The van der Waals surface area contributed by atoms with Gasteiger partial charge in [0.2, 0.25) is 5.91 Å². The van der Waals surface area contributed by atoms with Crippen LogP contribution in [-0.4, -0.2) is 67.3 Å². The number of aryl methyl sites for hydroxylation is 1. The lowest BCUT2D eigenvalue weighted by Gasteiger charge is -2.21. The van der Waals surface area contributed by atoms with Gasteiger partial charge in [0.05, 0.1) is 25.4 Å². The number of nitrogens with zero attached hydrogens (tertiary/aromatic N) is 4. The molecule has 48 heavy (non-hydrogen) atoms. The van der Waals surface area contributed by atoms with Crippen LogP contribution in [0.2, 0.25) is 0 Å². The second-order valence-electron chi connectivity index (χ2n) is 11.1. The monoisotopic (exact) mass is 651 g/mol. The number of hydrazone groups is 1. The predicted octanol–water partition coefficient (Wildman–Crippen LogP) is 3.78. The number of ether oxygens (including phenoxy) is 3. The summed E-state index contributed by atoms with van der Waals surface area (Å²) in [5, 5.41) is 10.3. The molecule has 4 aromatic rings. The van der Waals surface area contributed by atoms with E-state index in [9.17, 15) is 14.4 Å². The van der Waals surface area contributed by atoms with E-state index < -0.39 is 11.9 Å². The Morgan fingerprint density at radius 1 is 1.04 bits per heavy atom. The van der Waals surface area contributed by atoms with E-state index in [0.29, 0.717) is 58.2 Å². The van der Waals surface area contributed by atoms with Crippen molar-refractivity contribution in [1.82, 2.24) is 20.7 Å². The maximum atomic E-state index is 13.4. The summed E-state index contributed by atoms with van der Waals surface area (Å²) in [6, 6.07) is 17.6. The summed E-state index contributed by atoms with van der Waals surface area (Å²) in [6.45, 7) is 5.44. The molecule has 0 saturated carbocycles. The first-order chi connectivity index (χ1) is 23.2. The highest BCUT2D eigenvalue weighted by atomic mass is 16.5. The molecule has 0 spiro atoms. The number of anilines is 2. The summed E-state index contributed by atoms with van der Waals surface area (Å²) < 4.78 is 16.7. The maximum absolute atomic E-state index is 13.4. The van der Waals surface area contributed by atoms with Crippen LogP contribution in [0.4, 0.5) is 11.5 Å². The topological polar surface area (TPSA) is 156 Å². The van der Waals surface area contributed by atoms with Crippen LogP contribution >= 0.6 is 0 Å². The number of benzene rings is 3. The maximum Gasteiger partial charge on any atom is 0.267 e. The van der Waals surface area contributed by atoms with E-state index in [1.807, 2.05) is 36.4 Å². The van der Waals surface area contributed by atoms with Gasteiger partial charge in [0.25, 0.3) is 11.8 Å². The third-order valence-electron chi connectivity index (χ3n) is 7.73. The number of carbonyl (C=O) groups is 3. The van der Waals surface area contributed by atoms with Gasteiger partial charge >= 0.3 is 0 Å². The third-order valence-corrected chi connectivity index (χ3v) is 7.73. The summed E-state index contributed by atoms with van der Waals surface area (Å²) in [6.07, 6.45) is 2.46. The fourth-order valence-electron chi connectivity index (χ4n) is 5.10. The van der Waals surface area contributed by atoms with Gasteiger partial charge in [0.15, 0.2) is 11.5 Å². The molecule has 0 radical (unpaired) electrons. The van der Waals surface area contributed by atoms with Crippen LogP contribution < -0.4 is 35.2 Å². The van der Waals surface area contributed by atoms with Crippen LogP contribution in [0.5, 0.6) is 17.2 Å². The van der Waals surface area contributed by atoms with Crippen LogP contribution in [0, 0.1) is 0 Å². The van der Waals surface area contributed by atoms with E-state index in [0.717, 1.165) is 11.1 Å². The van der Waals surface area contributed by atoms with Crippen molar-refractivity contribution >= 4 is 45.8 Å². The van der Waals surface area contributed by atoms with Crippen LogP contribution in [0.25, 0.3) is 10.9 Å². The molecule has 0 fully saturated rings. The molecule has 3 aromatic carbocycles. The van der Waals surface area contributed by atoms with Gasteiger partial charge < -0.3 is 29.7 Å². The molecule has 0 bridgehead atoms. The number of methoxy groups -OCH3 is 2. The summed E-state index contributed by atoms with van der Waals surface area (Å²) in [5.74, 6) is 0.724. The Balaban J connectivity index is 1.18. The first-order valence-electron chi connectivity index (χ1n) is 15.2. The highest BCUT2D eigenvalue weighted by molar-refractivity contribution is 6.38. The quantitative estimate of drug-likeness (QED) is 0.153. The molecule has 1 atom stereocenters. The summed E-state index contributed by atoms with van der Waals surface area (Å²) >= 11 is 0. The molecule has 0 aliphatic carbocycles. The Morgan fingerprint density at radius 3 is 2.54 bits per heavy atom. The van der Waals surface area contributed by atoms with Gasteiger partial charge in [-0.15, -0.1) is 0 Å². The van der Waals surface area contributed by atoms with Crippen molar-refractivity contribution in [2.45, 2.75) is 32.2 Å². The van der Waals surface area contributed by atoms with Gasteiger partial charge in [-0.05, 0) is 42.7 Å². The van der Waals surface area contributed by atoms with E-state index in [1.165, 1.54) is 25.4 Å². The fraction of sp³-hybridized carbons (Fsp3) is 0.257. The molecule has 0 unspecified atom stereocenters. The van der Waals surface area contributed by atoms with Crippen molar-refractivity contribution in [1.29, 1.82) is 0 Å². The van der Waals surface area contributed by atoms with Gasteiger partial charge in [-0.25, -0.2) is 9.97 Å². The Kier molecular flexibility index (Phi) is 10.5. The average molecular weight is 652 g/mol. The molecule has 248 valence electrons. The molecule has 13 heteroatoms.